The van der Waals surface area contributed by atoms with Crippen LogP contribution in [0.5, 0.6) is 17.2 Å². The number of hydrogen-bond donors (Lipinski definition) is 1. The van der Waals surface area contributed by atoms with Gasteiger partial charge in [0, 0.05) is 43.5 Å². The molecule has 8 nitrogen and oxygen atoms in total. The second-order valence-corrected chi connectivity index (χ2v) is 7.53. The Morgan fingerprint density at radius 1 is 1.00 bits per heavy atom. The van der Waals surface area contributed by atoms with Crippen LogP contribution in [-0.2, 0) is 7.05 Å². The van der Waals surface area contributed by atoms with E-state index < -0.39 is 0 Å². The molecule has 0 aliphatic heterocycles. The van der Waals surface area contributed by atoms with Crippen molar-refractivity contribution in [2.24, 2.45) is 7.05 Å². The second-order valence-electron chi connectivity index (χ2n) is 7.53. The Hall–Kier alpha value is -3.42. The molecule has 0 unspecified atom stereocenters. The van der Waals surface area contributed by atoms with Crippen molar-refractivity contribution in [3.63, 3.8) is 0 Å². The summed E-state index contributed by atoms with van der Waals surface area (Å²) >= 11 is 0. The molecule has 0 aliphatic carbocycles. The van der Waals surface area contributed by atoms with Gasteiger partial charge in [-0.2, -0.15) is 0 Å². The van der Waals surface area contributed by atoms with Gasteiger partial charge in [-0.15, -0.1) is 0 Å². The standard InChI is InChI=1S/C24H32N4O4/c1-7-11-28(12-8-2)23(29)16-9-10-18-19(13-16)27(3)24(26-18)25-17-14-20(30-4)22(32-6)21(15-17)31-5/h9-10,13-15H,7-8,11-12H2,1-6H3,(H,25,26). The van der Waals surface area contributed by atoms with Gasteiger partial charge in [-0.05, 0) is 31.0 Å². The smallest absolute Gasteiger partial charge is 0.253 e. The Morgan fingerprint density at radius 3 is 2.16 bits per heavy atom. The number of aromatic nitrogens is 2. The Bertz CT molecular complexity index is 1060. The van der Waals surface area contributed by atoms with E-state index in [0.717, 1.165) is 42.7 Å². The van der Waals surface area contributed by atoms with Crippen LogP contribution in [0, 0.1) is 0 Å². The van der Waals surface area contributed by atoms with E-state index >= 15 is 0 Å². The fourth-order valence-corrected chi connectivity index (χ4v) is 3.75. The van der Waals surface area contributed by atoms with Crippen LogP contribution in [0.15, 0.2) is 30.3 Å². The molecule has 0 fully saturated rings. The molecule has 8 heteroatoms. The van der Waals surface area contributed by atoms with Gasteiger partial charge < -0.3 is 29.0 Å². The van der Waals surface area contributed by atoms with Crippen LogP contribution in [0.3, 0.4) is 0 Å². The van der Waals surface area contributed by atoms with E-state index in [1.807, 2.05) is 46.8 Å². The number of hydrogen-bond acceptors (Lipinski definition) is 6. The number of carbonyl (C=O) groups excluding carboxylic acids is 1. The lowest BCUT2D eigenvalue weighted by atomic mass is 10.1. The Labute approximate surface area is 189 Å². The van der Waals surface area contributed by atoms with Crippen LogP contribution in [0.1, 0.15) is 37.0 Å². The number of nitrogens with zero attached hydrogens (tertiary/aromatic N) is 3. The summed E-state index contributed by atoms with van der Waals surface area (Å²) in [6.45, 7) is 5.68. The fourth-order valence-electron chi connectivity index (χ4n) is 3.75. The first-order valence-electron chi connectivity index (χ1n) is 10.8. The van der Waals surface area contributed by atoms with E-state index in [2.05, 4.69) is 19.2 Å². The molecule has 2 aromatic carbocycles. The molecule has 0 atom stereocenters. The largest absolute Gasteiger partial charge is 0.493 e. The Kier molecular flexibility index (Phi) is 7.45. The van der Waals surface area contributed by atoms with Crippen LogP contribution in [0.4, 0.5) is 11.6 Å². The van der Waals surface area contributed by atoms with Gasteiger partial charge in [0.05, 0.1) is 32.4 Å². The van der Waals surface area contributed by atoms with Gasteiger partial charge in [-0.25, -0.2) is 4.98 Å². The van der Waals surface area contributed by atoms with Crippen LogP contribution in [0.2, 0.25) is 0 Å². The molecule has 1 heterocycles. The van der Waals surface area contributed by atoms with Crippen molar-refractivity contribution >= 4 is 28.6 Å². The van der Waals surface area contributed by atoms with Crippen molar-refractivity contribution < 1.29 is 19.0 Å². The summed E-state index contributed by atoms with van der Waals surface area (Å²) < 4.78 is 18.2. The number of amides is 1. The quantitative estimate of drug-likeness (QED) is 0.496. The zero-order valence-electron chi connectivity index (χ0n) is 19.7. The molecule has 0 spiro atoms. The molecule has 3 rings (SSSR count). The maximum Gasteiger partial charge on any atom is 0.253 e. The minimum atomic E-state index is 0.0518. The number of anilines is 2. The Morgan fingerprint density at radius 2 is 1.62 bits per heavy atom. The molecule has 0 radical (unpaired) electrons. The summed E-state index contributed by atoms with van der Waals surface area (Å²) in [4.78, 5) is 19.6. The first kappa shape index (κ1) is 23.2. The number of rotatable bonds is 10. The van der Waals surface area contributed by atoms with Gasteiger partial charge in [0.1, 0.15) is 0 Å². The third-order valence-corrected chi connectivity index (χ3v) is 5.32. The van der Waals surface area contributed by atoms with Crippen molar-refractivity contribution in [2.45, 2.75) is 26.7 Å². The van der Waals surface area contributed by atoms with Crippen LogP contribution < -0.4 is 19.5 Å². The highest BCUT2D eigenvalue weighted by molar-refractivity contribution is 5.97. The summed E-state index contributed by atoms with van der Waals surface area (Å²) in [5, 5.41) is 3.32. The molecule has 172 valence electrons. The van der Waals surface area contributed by atoms with Crippen LogP contribution >= 0.6 is 0 Å². The van der Waals surface area contributed by atoms with Crippen molar-refractivity contribution in [3.05, 3.63) is 35.9 Å². The highest BCUT2D eigenvalue weighted by atomic mass is 16.5. The van der Waals surface area contributed by atoms with Gasteiger partial charge in [0.15, 0.2) is 11.5 Å². The molecule has 0 aliphatic rings. The van der Waals surface area contributed by atoms with E-state index in [4.69, 9.17) is 19.2 Å². The molecule has 3 aromatic rings. The van der Waals surface area contributed by atoms with Crippen molar-refractivity contribution in [2.75, 3.05) is 39.7 Å². The molecule has 0 bridgehead atoms. The minimum absolute atomic E-state index is 0.0518. The predicted octanol–water partition coefficient (Wildman–Crippen LogP) is 4.60. The average molecular weight is 441 g/mol. The molecule has 1 aromatic heterocycles. The summed E-state index contributed by atoms with van der Waals surface area (Å²) in [6.07, 6.45) is 1.87. The highest BCUT2D eigenvalue weighted by Gasteiger charge is 2.18. The number of carbonyl (C=O) groups is 1. The average Bonchev–Trinajstić information content (AvgIpc) is 3.12. The van der Waals surface area contributed by atoms with E-state index in [0.29, 0.717) is 28.8 Å². The predicted molar refractivity (Wildman–Crippen MR) is 127 cm³/mol. The van der Waals surface area contributed by atoms with Crippen LogP contribution in [-0.4, -0.2) is 54.8 Å². The van der Waals surface area contributed by atoms with E-state index in [-0.39, 0.29) is 5.91 Å². The van der Waals surface area contributed by atoms with E-state index in [9.17, 15) is 4.79 Å². The number of ether oxygens (including phenoxy) is 3. The molecule has 32 heavy (non-hydrogen) atoms. The molecule has 1 N–H and O–H groups in total. The normalized spacial score (nSPS) is 10.8. The summed E-state index contributed by atoms with van der Waals surface area (Å²) in [7, 11) is 6.64. The highest BCUT2D eigenvalue weighted by Crippen LogP contribution is 2.40. The summed E-state index contributed by atoms with van der Waals surface area (Å²) in [5.41, 5.74) is 3.09. The number of aryl methyl sites for hydroxylation is 1. The maximum atomic E-state index is 13.0. The molecule has 0 saturated carbocycles. The minimum Gasteiger partial charge on any atom is -0.493 e. The maximum absolute atomic E-state index is 13.0. The molecular formula is C24H32N4O4. The number of fused-ring (bicyclic) bond motifs is 1. The zero-order chi connectivity index (χ0) is 23.3. The molecule has 0 saturated heterocycles. The first-order valence-corrected chi connectivity index (χ1v) is 10.8. The molecular weight excluding hydrogens is 408 g/mol. The lowest BCUT2D eigenvalue weighted by Gasteiger charge is -2.21. The second kappa shape index (κ2) is 10.3. The number of benzene rings is 2. The lowest BCUT2D eigenvalue weighted by Crippen LogP contribution is -2.32. The van der Waals surface area contributed by atoms with Crippen molar-refractivity contribution in [1.29, 1.82) is 0 Å². The summed E-state index contributed by atoms with van der Waals surface area (Å²) in [5.74, 6) is 2.31. The zero-order valence-corrected chi connectivity index (χ0v) is 19.7. The van der Waals surface area contributed by atoms with Crippen molar-refractivity contribution in [3.8, 4) is 17.2 Å². The van der Waals surface area contributed by atoms with Gasteiger partial charge in [0.25, 0.3) is 5.91 Å². The van der Waals surface area contributed by atoms with Crippen LogP contribution in [0.25, 0.3) is 11.0 Å². The summed E-state index contributed by atoms with van der Waals surface area (Å²) in [6, 6.07) is 9.29. The third-order valence-electron chi connectivity index (χ3n) is 5.32. The van der Waals surface area contributed by atoms with Gasteiger partial charge in [-0.1, -0.05) is 13.8 Å². The SMILES string of the molecule is CCCN(CCC)C(=O)c1ccc2nc(Nc3cc(OC)c(OC)c(OC)c3)n(C)c2c1. The van der Waals surface area contributed by atoms with Crippen molar-refractivity contribution in [1.82, 2.24) is 14.5 Å². The van der Waals surface area contributed by atoms with E-state index in [1.54, 1.807) is 21.3 Å². The van der Waals surface area contributed by atoms with Gasteiger partial charge in [0.2, 0.25) is 11.7 Å². The Balaban J connectivity index is 1.95. The number of nitrogens with one attached hydrogen (secondary N) is 1. The monoisotopic (exact) mass is 440 g/mol. The fraction of sp³-hybridized carbons (Fsp3) is 0.417. The first-order chi connectivity index (χ1) is 15.5. The lowest BCUT2D eigenvalue weighted by molar-refractivity contribution is 0.0755. The number of imidazole rings is 1. The number of methoxy groups -OCH3 is 3. The topological polar surface area (TPSA) is 77.9 Å². The third kappa shape index (κ3) is 4.59. The van der Waals surface area contributed by atoms with Gasteiger partial charge in [-0.3, -0.25) is 4.79 Å². The van der Waals surface area contributed by atoms with Gasteiger partial charge >= 0.3 is 0 Å². The van der Waals surface area contributed by atoms with E-state index in [1.165, 1.54) is 0 Å². The molecule has 1 amide bonds.